The fourth-order valence-corrected chi connectivity index (χ4v) is 2.44. The molecule has 23 heavy (non-hydrogen) atoms. The molecule has 7 heteroatoms. The number of ether oxygens (including phenoxy) is 1. The van der Waals surface area contributed by atoms with Gasteiger partial charge in [0, 0.05) is 37.9 Å². The zero-order valence-corrected chi connectivity index (χ0v) is 14.0. The van der Waals surface area contributed by atoms with E-state index in [0.29, 0.717) is 0 Å². The molecule has 0 amide bonds. The van der Waals surface area contributed by atoms with E-state index in [4.69, 9.17) is 4.74 Å². The number of esters is 1. The van der Waals surface area contributed by atoms with E-state index in [1.54, 1.807) is 32.9 Å². The molecule has 0 radical (unpaired) electrons. The highest BCUT2D eigenvalue weighted by molar-refractivity contribution is 5.95. The molecule has 1 aliphatic rings. The molecule has 0 spiro atoms. The molecule has 0 N–H and O–H groups in total. The number of carbonyl (C=O) groups is 1. The Kier molecular flexibility index (Phi) is 4.89. The van der Waals surface area contributed by atoms with E-state index in [0.717, 1.165) is 31.9 Å². The number of hydrogen-bond acceptors (Lipinski definition) is 6. The lowest BCUT2D eigenvalue weighted by atomic mass is 10.1. The number of carbonyl (C=O) groups excluding carboxylic acids is 1. The Morgan fingerprint density at radius 2 is 1.83 bits per heavy atom. The Morgan fingerprint density at radius 1 is 1.22 bits per heavy atom. The van der Waals surface area contributed by atoms with Crippen LogP contribution in [0.5, 0.6) is 0 Å². The van der Waals surface area contributed by atoms with Crippen LogP contribution in [-0.2, 0) is 4.74 Å². The maximum absolute atomic E-state index is 12.3. The van der Waals surface area contributed by atoms with Crippen LogP contribution in [0.15, 0.2) is 18.2 Å². The highest BCUT2D eigenvalue weighted by atomic mass is 16.6. The Morgan fingerprint density at radius 3 is 2.35 bits per heavy atom. The van der Waals surface area contributed by atoms with Crippen LogP contribution in [0.3, 0.4) is 0 Å². The van der Waals surface area contributed by atoms with Gasteiger partial charge in [0.1, 0.15) is 11.2 Å². The molecule has 1 fully saturated rings. The summed E-state index contributed by atoms with van der Waals surface area (Å²) in [6.45, 7) is 8.69. The molecule has 7 nitrogen and oxygen atoms in total. The van der Waals surface area contributed by atoms with Gasteiger partial charge in [0.25, 0.3) is 5.69 Å². The number of benzene rings is 1. The van der Waals surface area contributed by atoms with Gasteiger partial charge in [0.15, 0.2) is 0 Å². The predicted octanol–water partition coefficient (Wildman–Crippen LogP) is 2.30. The van der Waals surface area contributed by atoms with Gasteiger partial charge in [-0.15, -0.1) is 0 Å². The van der Waals surface area contributed by atoms with Crippen molar-refractivity contribution in [2.75, 3.05) is 38.1 Å². The van der Waals surface area contributed by atoms with E-state index in [1.165, 1.54) is 6.07 Å². The van der Waals surface area contributed by atoms with Crippen LogP contribution in [0.25, 0.3) is 0 Å². The van der Waals surface area contributed by atoms with Crippen molar-refractivity contribution in [2.45, 2.75) is 26.4 Å². The first-order valence-electron chi connectivity index (χ1n) is 7.62. The van der Waals surface area contributed by atoms with Crippen LogP contribution < -0.4 is 4.90 Å². The Bertz CT molecular complexity index is 602. The standard InChI is InChI=1S/C16H23N3O4/c1-16(2,3)23-15(20)13-11-12(5-6-14(13)19(21)22)18-9-7-17(4)8-10-18/h5-6,11H,7-10H2,1-4H3. The summed E-state index contributed by atoms with van der Waals surface area (Å²) in [6.07, 6.45) is 0. The van der Waals surface area contributed by atoms with E-state index < -0.39 is 16.5 Å². The number of nitro groups is 1. The molecule has 0 saturated carbocycles. The van der Waals surface area contributed by atoms with Crippen molar-refractivity contribution in [2.24, 2.45) is 0 Å². The van der Waals surface area contributed by atoms with Crippen molar-refractivity contribution in [1.29, 1.82) is 0 Å². The molecule has 1 aliphatic heterocycles. The number of rotatable bonds is 3. The van der Waals surface area contributed by atoms with Crippen LogP contribution in [0, 0.1) is 10.1 Å². The van der Waals surface area contributed by atoms with Crippen LogP contribution >= 0.6 is 0 Å². The number of piperazine rings is 1. The summed E-state index contributed by atoms with van der Waals surface area (Å²) in [5.41, 5.74) is -0.113. The maximum Gasteiger partial charge on any atom is 0.345 e. The smallest absolute Gasteiger partial charge is 0.345 e. The molecule has 0 unspecified atom stereocenters. The quantitative estimate of drug-likeness (QED) is 0.483. The summed E-state index contributed by atoms with van der Waals surface area (Å²) in [5.74, 6) is -0.667. The lowest BCUT2D eigenvalue weighted by Gasteiger charge is -2.34. The van der Waals surface area contributed by atoms with Gasteiger partial charge < -0.3 is 14.5 Å². The molecule has 0 atom stereocenters. The van der Waals surface area contributed by atoms with Crippen molar-refractivity contribution in [3.8, 4) is 0 Å². The van der Waals surface area contributed by atoms with Crippen molar-refractivity contribution < 1.29 is 14.5 Å². The molecular formula is C16H23N3O4. The van der Waals surface area contributed by atoms with Gasteiger partial charge in [0.2, 0.25) is 0 Å². The summed E-state index contributed by atoms with van der Waals surface area (Å²) < 4.78 is 5.30. The molecular weight excluding hydrogens is 298 g/mol. The van der Waals surface area contributed by atoms with Crippen LogP contribution in [0.2, 0.25) is 0 Å². The minimum absolute atomic E-state index is 0.00125. The van der Waals surface area contributed by atoms with Gasteiger partial charge in [-0.25, -0.2) is 4.79 Å². The van der Waals surface area contributed by atoms with Gasteiger partial charge in [-0.3, -0.25) is 10.1 Å². The van der Waals surface area contributed by atoms with E-state index in [2.05, 4.69) is 16.8 Å². The molecule has 1 aromatic rings. The van der Waals surface area contributed by atoms with E-state index in [9.17, 15) is 14.9 Å². The number of nitrogens with zero attached hydrogens (tertiary/aromatic N) is 3. The third kappa shape index (κ3) is 4.41. The fraction of sp³-hybridized carbons (Fsp3) is 0.562. The molecule has 1 saturated heterocycles. The second kappa shape index (κ2) is 6.54. The molecule has 126 valence electrons. The zero-order chi connectivity index (χ0) is 17.2. The number of nitro benzene ring substituents is 1. The van der Waals surface area contributed by atoms with Gasteiger partial charge in [-0.05, 0) is 40.0 Å². The Hall–Kier alpha value is -2.15. The Labute approximate surface area is 136 Å². The van der Waals surface area contributed by atoms with Gasteiger partial charge >= 0.3 is 5.97 Å². The third-order valence-corrected chi connectivity index (χ3v) is 3.66. The molecule has 0 aromatic heterocycles. The summed E-state index contributed by atoms with van der Waals surface area (Å²) in [6, 6.07) is 4.64. The molecule has 0 bridgehead atoms. The van der Waals surface area contributed by atoms with Gasteiger partial charge in [-0.2, -0.15) is 0 Å². The van der Waals surface area contributed by atoms with Crippen molar-refractivity contribution >= 4 is 17.3 Å². The molecule has 1 aromatic carbocycles. The average molecular weight is 321 g/mol. The second-order valence-electron chi connectivity index (χ2n) is 6.75. The number of anilines is 1. The third-order valence-electron chi connectivity index (χ3n) is 3.66. The molecule has 0 aliphatic carbocycles. The monoisotopic (exact) mass is 321 g/mol. The summed E-state index contributed by atoms with van der Waals surface area (Å²) in [5, 5.41) is 11.2. The van der Waals surface area contributed by atoms with Crippen LogP contribution in [0.1, 0.15) is 31.1 Å². The van der Waals surface area contributed by atoms with Crippen molar-refractivity contribution in [3.05, 3.63) is 33.9 Å². The lowest BCUT2D eigenvalue weighted by Crippen LogP contribution is -2.44. The van der Waals surface area contributed by atoms with E-state index in [-0.39, 0.29) is 11.3 Å². The largest absolute Gasteiger partial charge is 0.456 e. The number of hydrogen-bond donors (Lipinski definition) is 0. The van der Waals surface area contributed by atoms with Crippen molar-refractivity contribution in [3.63, 3.8) is 0 Å². The first-order valence-corrected chi connectivity index (χ1v) is 7.62. The second-order valence-corrected chi connectivity index (χ2v) is 6.75. The van der Waals surface area contributed by atoms with E-state index >= 15 is 0 Å². The number of likely N-dealkylation sites (N-methyl/N-ethyl adjacent to an activating group) is 1. The Balaban J connectivity index is 2.32. The maximum atomic E-state index is 12.3. The SMILES string of the molecule is CN1CCN(c2ccc([N+](=O)[O-])c(C(=O)OC(C)(C)C)c2)CC1. The lowest BCUT2D eigenvalue weighted by molar-refractivity contribution is -0.385. The minimum atomic E-state index is -0.700. The highest BCUT2D eigenvalue weighted by Crippen LogP contribution is 2.27. The van der Waals surface area contributed by atoms with Crippen LogP contribution in [-0.4, -0.2) is 54.6 Å². The highest BCUT2D eigenvalue weighted by Gasteiger charge is 2.27. The van der Waals surface area contributed by atoms with Gasteiger partial charge in [-0.1, -0.05) is 0 Å². The summed E-state index contributed by atoms with van der Waals surface area (Å²) in [4.78, 5) is 27.3. The fourth-order valence-electron chi connectivity index (χ4n) is 2.44. The van der Waals surface area contributed by atoms with E-state index in [1.807, 2.05) is 0 Å². The molecule has 2 rings (SSSR count). The van der Waals surface area contributed by atoms with Crippen LogP contribution in [0.4, 0.5) is 11.4 Å². The average Bonchev–Trinajstić information content (AvgIpc) is 2.45. The summed E-state index contributed by atoms with van der Waals surface area (Å²) in [7, 11) is 2.05. The summed E-state index contributed by atoms with van der Waals surface area (Å²) >= 11 is 0. The molecule has 1 heterocycles. The van der Waals surface area contributed by atoms with Crippen molar-refractivity contribution in [1.82, 2.24) is 4.90 Å². The first-order chi connectivity index (χ1) is 10.7. The zero-order valence-electron chi connectivity index (χ0n) is 14.0. The minimum Gasteiger partial charge on any atom is -0.456 e. The first kappa shape index (κ1) is 17.2. The predicted molar refractivity (Wildman–Crippen MR) is 88.0 cm³/mol. The topological polar surface area (TPSA) is 75.9 Å². The normalized spacial score (nSPS) is 16.3. The van der Waals surface area contributed by atoms with Gasteiger partial charge in [0.05, 0.1) is 4.92 Å².